The second kappa shape index (κ2) is 6.77. The molecule has 3 heterocycles. The van der Waals surface area contributed by atoms with Crippen LogP contribution in [0, 0.1) is 6.92 Å². The summed E-state index contributed by atoms with van der Waals surface area (Å²) in [6.45, 7) is -0.0585. The molecule has 0 saturated heterocycles. The highest BCUT2D eigenvalue weighted by atomic mass is 16.3. The van der Waals surface area contributed by atoms with Crippen molar-refractivity contribution in [3.05, 3.63) is 83.3 Å². The summed E-state index contributed by atoms with van der Waals surface area (Å²) in [6, 6.07) is 13.0. The van der Waals surface area contributed by atoms with Crippen LogP contribution in [-0.2, 0) is 12.5 Å². The standard InChI is InChI=1S/C30H29N2O/c1-17(2)19-12-14-32(6)25(15-19)26-18(3)7-8-20-21-9-10-23-27(29(21)33-28(20)26)22-11-13-31-16-24(22)30(23,4)5/h7-17H,1-6H3/q+1/i4D3,5D3,17D. The fourth-order valence-corrected chi connectivity index (χ4v) is 5.09. The van der Waals surface area contributed by atoms with Gasteiger partial charge in [0.2, 0.25) is 5.69 Å². The Morgan fingerprint density at radius 2 is 1.76 bits per heavy atom. The molecule has 0 fully saturated rings. The summed E-state index contributed by atoms with van der Waals surface area (Å²) in [6.07, 6.45) is 4.85. The van der Waals surface area contributed by atoms with Crippen LogP contribution in [0.15, 0.2) is 65.5 Å². The van der Waals surface area contributed by atoms with Gasteiger partial charge in [-0.3, -0.25) is 4.98 Å². The number of hydrogen-bond acceptors (Lipinski definition) is 2. The number of furan rings is 1. The Morgan fingerprint density at radius 1 is 1.00 bits per heavy atom. The van der Waals surface area contributed by atoms with E-state index < -0.39 is 25.0 Å². The summed E-state index contributed by atoms with van der Waals surface area (Å²) < 4.78 is 68.1. The molecule has 0 aliphatic heterocycles. The van der Waals surface area contributed by atoms with E-state index >= 15 is 0 Å². The Labute approximate surface area is 204 Å². The summed E-state index contributed by atoms with van der Waals surface area (Å²) in [5, 5.41) is 1.61. The summed E-state index contributed by atoms with van der Waals surface area (Å²) >= 11 is 0. The molecular weight excluding hydrogens is 404 g/mol. The van der Waals surface area contributed by atoms with E-state index in [0.29, 0.717) is 22.3 Å². The van der Waals surface area contributed by atoms with Gasteiger partial charge in [0.1, 0.15) is 18.2 Å². The van der Waals surface area contributed by atoms with E-state index in [1.165, 1.54) is 6.20 Å². The third-order valence-electron chi connectivity index (χ3n) is 6.90. The first kappa shape index (κ1) is 13.9. The molecule has 0 radical (unpaired) electrons. The van der Waals surface area contributed by atoms with Crippen LogP contribution in [-0.4, -0.2) is 4.98 Å². The molecule has 0 bridgehead atoms. The smallest absolute Gasteiger partial charge is 0.216 e. The minimum absolute atomic E-state index is 0.158. The molecule has 6 rings (SSSR count). The minimum atomic E-state index is -2.88. The molecule has 164 valence electrons. The van der Waals surface area contributed by atoms with Crippen LogP contribution < -0.4 is 4.57 Å². The number of benzene rings is 2. The van der Waals surface area contributed by atoms with Crippen molar-refractivity contribution in [2.45, 2.75) is 45.8 Å². The maximum absolute atomic E-state index is 8.57. The number of fused-ring (bicyclic) bond motifs is 7. The van der Waals surface area contributed by atoms with E-state index in [1.54, 1.807) is 24.4 Å². The fourth-order valence-electron chi connectivity index (χ4n) is 5.09. The van der Waals surface area contributed by atoms with Gasteiger partial charge >= 0.3 is 0 Å². The minimum Gasteiger partial charge on any atom is -0.454 e. The molecule has 5 aromatic rings. The lowest BCUT2D eigenvalue weighted by Gasteiger charge is -2.20. The van der Waals surface area contributed by atoms with Crippen LogP contribution in [0.4, 0.5) is 0 Å². The molecule has 33 heavy (non-hydrogen) atoms. The monoisotopic (exact) mass is 440 g/mol. The normalized spacial score (nSPS) is 18.5. The van der Waals surface area contributed by atoms with Crippen LogP contribution in [0.2, 0.25) is 0 Å². The Morgan fingerprint density at radius 3 is 2.52 bits per heavy atom. The SMILES string of the molecule is [2H]C(C)(C)c1cc[n+](C)c(-c2c(C)ccc3c2oc2c4c(ccc23)C(C([2H])([2H])[2H])(C([2H])([2H])[2H])c2cnccc2-4)c1. The van der Waals surface area contributed by atoms with Crippen molar-refractivity contribution in [2.75, 3.05) is 0 Å². The fraction of sp³-hybridized carbons (Fsp3) is 0.267. The van der Waals surface area contributed by atoms with Gasteiger partial charge in [-0.05, 0) is 46.7 Å². The van der Waals surface area contributed by atoms with Crippen molar-refractivity contribution >= 4 is 21.9 Å². The first-order valence-electron chi connectivity index (χ1n) is 14.5. The average Bonchev–Trinajstić information content (AvgIpc) is 3.37. The zero-order valence-corrected chi connectivity index (χ0v) is 19.1. The molecule has 3 heteroatoms. The first-order valence-corrected chi connectivity index (χ1v) is 11.0. The lowest BCUT2D eigenvalue weighted by molar-refractivity contribution is -0.660. The van der Waals surface area contributed by atoms with Crippen LogP contribution in [0.5, 0.6) is 0 Å². The largest absolute Gasteiger partial charge is 0.454 e. The summed E-state index contributed by atoms with van der Waals surface area (Å²) in [5.74, 6) is -0.800. The number of pyridine rings is 2. The molecule has 0 amide bonds. The Balaban J connectivity index is 1.75. The molecule has 1 aliphatic carbocycles. The van der Waals surface area contributed by atoms with Crippen LogP contribution in [0.25, 0.3) is 44.3 Å². The number of nitrogens with zero attached hydrogens (tertiary/aromatic N) is 2. The highest BCUT2D eigenvalue weighted by molar-refractivity contribution is 6.14. The molecule has 2 aromatic carbocycles. The lowest BCUT2D eigenvalue weighted by Crippen LogP contribution is -2.31. The Kier molecular flexibility index (Phi) is 2.86. The number of rotatable bonds is 2. The van der Waals surface area contributed by atoms with Crippen molar-refractivity contribution in [2.24, 2.45) is 7.05 Å². The molecule has 3 aromatic heterocycles. The topological polar surface area (TPSA) is 29.9 Å². The molecular formula is C30H29N2O+. The van der Waals surface area contributed by atoms with E-state index in [-0.39, 0.29) is 11.1 Å². The first-order chi connectivity index (χ1) is 18.6. The Hall–Kier alpha value is -3.46. The van der Waals surface area contributed by atoms with Gasteiger partial charge in [-0.1, -0.05) is 51.8 Å². The second-order valence-corrected chi connectivity index (χ2v) is 9.18. The molecule has 0 saturated carbocycles. The molecule has 0 unspecified atom stereocenters. The lowest BCUT2D eigenvalue weighted by atomic mass is 9.83. The summed E-state index contributed by atoms with van der Waals surface area (Å²) in [7, 11) is 1.94. The van der Waals surface area contributed by atoms with Crippen LogP contribution in [0.3, 0.4) is 0 Å². The number of aryl methyl sites for hydroxylation is 2. The van der Waals surface area contributed by atoms with Gasteiger partial charge in [-0.2, -0.15) is 0 Å². The van der Waals surface area contributed by atoms with Gasteiger partial charge in [0.25, 0.3) is 0 Å². The second-order valence-electron chi connectivity index (χ2n) is 9.18. The highest BCUT2D eigenvalue weighted by Crippen LogP contribution is 2.52. The number of aromatic nitrogens is 2. The van der Waals surface area contributed by atoms with Crippen molar-refractivity contribution in [1.82, 2.24) is 4.98 Å². The van der Waals surface area contributed by atoms with Gasteiger partial charge in [0, 0.05) is 55.9 Å². The van der Waals surface area contributed by atoms with E-state index in [9.17, 15) is 0 Å². The zero-order chi connectivity index (χ0) is 29.0. The van der Waals surface area contributed by atoms with E-state index in [4.69, 9.17) is 14.0 Å². The predicted molar refractivity (Wildman–Crippen MR) is 135 cm³/mol. The highest BCUT2D eigenvalue weighted by Gasteiger charge is 2.38. The third kappa shape index (κ3) is 2.68. The maximum atomic E-state index is 8.57. The van der Waals surface area contributed by atoms with E-state index in [2.05, 4.69) is 4.98 Å². The number of hydrogen-bond donors (Lipinski definition) is 0. The summed E-state index contributed by atoms with van der Waals surface area (Å²) in [5.41, 5.74) is 3.73. The van der Waals surface area contributed by atoms with E-state index in [1.807, 2.05) is 62.8 Å². The van der Waals surface area contributed by atoms with Crippen LogP contribution >= 0.6 is 0 Å². The zero-order valence-electron chi connectivity index (χ0n) is 26.1. The molecule has 3 nitrogen and oxygen atoms in total. The molecule has 1 aliphatic rings. The van der Waals surface area contributed by atoms with Crippen molar-refractivity contribution in [1.29, 1.82) is 0 Å². The predicted octanol–water partition coefficient (Wildman–Crippen LogP) is 7.21. The van der Waals surface area contributed by atoms with Crippen LogP contribution in [0.1, 0.15) is 65.3 Å². The third-order valence-corrected chi connectivity index (χ3v) is 6.90. The average molecular weight is 441 g/mol. The van der Waals surface area contributed by atoms with Gasteiger partial charge in [-0.25, -0.2) is 4.57 Å². The van der Waals surface area contributed by atoms with Gasteiger partial charge < -0.3 is 4.42 Å². The quantitative estimate of drug-likeness (QED) is 0.271. The Bertz CT molecular complexity index is 1830. The van der Waals surface area contributed by atoms with Gasteiger partial charge in [-0.15, -0.1) is 0 Å². The van der Waals surface area contributed by atoms with Crippen molar-refractivity contribution in [3.63, 3.8) is 0 Å². The van der Waals surface area contributed by atoms with Gasteiger partial charge in [0.15, 0.2) is 6.20 Å². The van der Waals surface area contributed by atoms with Crippen molar-refractivity contribution in [3.8, 4) is 22.4 Å². The van der Waals surface area contributed by atoms with E-state index in [0.717, 1.165) is 33.2 Å². The summed E-state index contributed by atoms with van der Waals surface area (Å²) in [4.78, 5) is 4.14. The molecule has 0 atom stereocenters. The molecule has 0 N–H and O–H groups in total. The maximum Gasteiger partial charge on any atom is 0.216 e. The van der Waals surface area contributed by atoms with Crippen molar-refractivity contribution < 1.29 is 18.6 Å². The van der Waals surface area contributed by atoms with Gasteiger partial charge in [0.05, 0.1) is 5.56 Å². The molecule has 0 spiro atoms.